The third kappa shape index (κ3) is 4.05. The first-order chi connectivity index (χ1) is 9.09. The average Bonchev–Trinajstić information content (AvgIpc) is 2.88. The molecule has 0 bridgehead atoms. The normalized spacial score (nSPS) is 16.9. The number of nitrogens with one attached hydrogen (secondary N) is 1. The van der Waals surface area contributed by atoms with Crippen LogP contribution in [0.3, 0.4) is 0 Å². The van der Waals surface area contributed by atoms with E-state index < -0.39 is 10.0 Å². The van der Waals surface area contributed by atoms with Crippen LogP contribution >= 0.6 is 0 Å². The first-order valence-corrected chi connectivity index (χ1v) is 8.63. The Kier molecular flexibility index (Phi) is 4.99. The van der Waals surface area contributed by atoms with Crippen LogP contribution in [0.2, 0.25) is 0 Å². The van der Waals surface area contributed by atoms with Crippen molar-refractivity contribution in [3.8, 4) is 0 Å². The average molecular weight is 281 g/mol. The highest BCUT2D eigenvalue weighted by atomic mass is 32.2. The van der Waals surface area contributed by atoms with Crippen LogP contribution in [-0.2, 0) is 10.0 Å². The molecule has 0 radical (unpaired) electrons. The second-order valence-electron chi connectivity index (χ2n) is 5.46. The van der Waals surface area contributed by atoms with Gasteiger partial charge < -0.3 is 0 Å². The second kappa shape index (κ2) is 6.53. The summed E-state index contributed by atoms with van der Waals surface area (Å²) in [5.74, 6) is 0.822. The minimum absolute atomic E-state index is 0.399. The van der Waals surface area contributed by atoms with E-state index in [0.29, 0.717) is 11.4 Å². The number of aryl methyl sites for hydroxylation is 1. The molecule has 0 unspecified atom stereocenters. The third-order valence-electron chi connectivity index (χ3n) is 3.94. The Morgan fingerprint density at radius 3 is 2.58 bits per heavy atom. The fourth-order valence-electron chi connectivity index (χ4n) is 2.83. The lowest BCUT2D eigenvalue weighted by Crippen LogP contribution is -2.25. The fraction of sp³-hybridized carbons (Fsp3) is 0.600. The van der Waals surface area contributed by atoms with Crippen molar-refractivity contribution < 1.29 is 8.42 Å². The molecule has 1 aliphatic carbocycles. The molecule has 0 spiro atoms. The van der Waals surface area contributed by atoms with Crippen molar-refractivity contribution in [2.75, 3.05) is 6.54 Å². The lowest BCUT2D eigenvalue weighted by molar-refractivity contribution is 0.480. The molecule has 0 atom stereocenters. The number of benzene rings is 1. The summed E-state index contributed by atoms with van der Waals surface area (Å²) in [5, 5.41) is 0. The molecule has 0 saturated heterocycles. The topological polar surface area (TPSA) is 46.2 Å². The van der Waals surface area contributed by atoms with Crippen molar-refractivity contribution in [3.63, 3.8) is 0 Å². The summed E-state index contributed by atoms with van der Waals surface area (Å²) in [5.41, 5.74) is 0.797. The van der Waals surface area contributed by atoms with Gasteiger partial charge in [0.25, 0.3) is 0 Å². The minimum Gasteiger partial charge on any atom is -0.211 e. The molecule has 4 heteroatoms. The molecule has 106 valence electrons. The molecule has 1 aromatic rings. The Labute approximate surface area is 116 Å². The molecule has 0 aliphatic heterocycles. The molecule has 1 aromatic carbocycles. The van der Waals surface area contributed by atoms with E-state index >= 15 is 0 Å². The smallest absolute Gasteiger partial charge is 0.211 e. The molecule has 1 N–H and O–H groups in total. The van der Waals surface area contributed by atoms with Crippen LogP contribution < -0.4 is 4.72 Å². The Morgan fingerprint density at radius 2 is 1.89 bits per heavy atom. The monoisotopic (exact) mass is 281 g/mol. The zero-order valence-corrected chi connectivity index (χ0v) is 12.4. The highest BCUT2D eigenvalue weighted by Gasteiger charge is 2.17. The van der Waals surface area contributed by atoms with Gasteiger partial charge in [0.05, 0.1) is 4.90 Å². The molecule has 19 heavy (non-hydrogen) atoms. The number of hydrogen-bond donors (Lipinski definition) is 1. The van der Waals surface area contributed by atoms with Gasteiger partial charge in [0, 0.05) is 6.54 Å². The van der Waals surface area contributed by atoms with E-state index in [9.17, 15) is 8.42 Å². The molecular weight excluding hydrogens is 258 g/mol. The quantitative estimate of drug-likeness (QED) is 0.814. The van der Waals surface area contributed by atoms with Gasteiger partial charge >= 0.3 is 0 Å². The predicted molar refractivity (Wildman–Crippen MR) is 77.6 cm³/mol. The Morgan fingerprint density at radius 1 is 1.21 bits per heavy atom. The lowest BCUT2D eigenvalue weighted by atomic mass is 10.0. The Balaban J connectivity index is 1.82. The van der Waals surface area contributed by atoms with Gasteiger partial charge in [-0.15, -0.1) is 0 Å². The van der Waals surface area contributed by atoms with Gasteiger partial charge in [-0.1, -0.05) is 43.9 Å². The lowest BCUT2D eigenvalue weighted by Gasteiger charge is -2.11. The molecular formula is C15H23NO2S. The van der Waals surface area contributed by atoms with Crippen molar-refractivity contribution in [1.29, 1.82) is 0 Å². The SMILES string of the molecule is Cc1ccccc1S(=O)(=O)NCCCC1CCCC1. The van der Waals surface area contributed by atoms with Gasteiger partial charge in [-0.2, -0.15) is 0 Å². The first-order valence-electron chi connectivity index (χ1n) is 7.15. The van der Waals surface area contributed by atoms with E-state index in [0.717, 1.165) is 24.3 Å². The fourth-order valence-corrected chi connectivity index (χ4v) is 4.15. The van der Waals surface area contributed by atoms with Crippen molar-refractivity contribution in [1.82, 2.24) is 4.72 Å². The van der Waals surface area contributed by atoms with E-state index in [2.05, 4.69) is 4.72 Å². The third-order valence-corrected chi connectivity index (χ3v) is 5.56. The van der Waals surface area contributed by atoms with Crippen molar-refractivity contribution in [2.45, 2.75) is 50.3 Å². The van der Waals surface area contributed by atoms with E-state index in [1.807, 2.05) is 19.1 Å². The van der Waals surface area contributed by atoms with Crippen molar-refractivity contribution >= 4 is 10.0 Å². The predicted octanol–water partition coefficient (Wildman–Crippen LogP) is 3.24. The van der Waals surface area contributed by atoms with Crippen LogP contribution in [-0.4, -0.2) is 15.0 Å². The zero-order valence-electron chi connectivity index (χ0n) is 11.6. The molecule has 1 aliphatic rings. The maximum Gasteiger partial charge on any atom is 0.240 e. The van der Waals surface area contributed by atoms with Gasteiger partial charge in [0.1, 0.15) is 0 Å². The van der Waals surface area contributed by atoms with Gasteiger partial charge in [0.15, 0.2) is 0 Å². The number of sulfonamides is 1. The van der Waals surface area contributed by atoms with Crippen LogP contribution in [0, 0.1) is 12.8 Å². The van der Waals surface area contributed by atoms with E-state index in [1.54, 1.807) is 12.1 Å². The molecule has 2 rings (SSSR count). The summed E-state index contributed by atoms with van der Waals surface area (Å²) in [7, 11) is -3.34. The van der Waals surface area contributed by atoms with Crippen LogP contribution in [0.4, 0.5) is 0 Å². The van der Waals surface area contributed by atoms with Crippen molar-refractivity contribution in [2.24, 2.45) is 5.92 Å². The number of rotatable bonds is 6. The second-order valence-corrected chi connectivity index (χ2v) is 7.19. The van der Waals surface area contributed by atoms with Gasteiger partial charge in [0.2, 0.25) is 10.0 Å². The zero-order chi connectivity index (χ0) is 13.7. The van der Waals surface area contributed by atoms with E-state index in [4.69, 9.17) is 0 Å². The van der Waals surface area contributed by atoms with E-state index in [1.165, 1.54) is 25.7 Å². The highest BCUT2D eigenvalue weighted by Crippen LogP contribution is 2.28. The van der Waals surface area contributed by atoms with Crippen LogP contribution in [0.15, 0.2) is 29.2 Å². The molecule has 0 amide bonds. The highest BCUT2D eigenvalue weighted by molar-refractivity contribution is 7.89. The maximum absolute atomic E-state index is 12.1. The summed E-state index contributed by atoms with van der Waals surface area (Å²) >= 11 is 0. The Hall–Kier alpha value is -0.870. The standard InChI is InChI=1S/C15H23NO2S/c1-13-7-2-5-11-15(13)19(17,18)16-12-6-10-14-8-3-4-9-14/h2,5,7,11,14,16H,3-4,6,8-10,12H2,1H3. The Bertz CT molecular complexity index is 505. The molecule has 0 heterocycles. The minimum atomic E-state index is -3.34. The molecule has 1 saturated carbocycles. The number of hydrogen-bond acceptors (Lipinski definition) is 2. The van der Waals surface area contributed by atoms with Crippen molar-refractivity contribution in [3.05, 3.63) is 29.8 Å². The van der Waals surface area contributed by atoms with Gasteiger partial charge in [-0.25, -0.2) is 13.1 Å². The summed E-state index contributed by atoms with van der Waals surface area (Å²) in [6, 6.07) is 7.11. The molecule has 0 aromatic heterocycles. The summed E-state index contributed by atoms with van der Waals surface area (Å²) in [4.78, 5) is 0.399. The van der Waals surface area contributed by atoms with E-state index in [-0.39, 0.29) is 0 Å². The largest absolute Gasteiger partial charge is 0.240 e. The maximum atomic E-state index is 12.1. The first kappa shape index (κ1) is 14.5. The van der Waals surface area contributed by atoms with Gasteiger partial charge in [-0.3, -0.25) is 0 Å². The van der Waals surface area contributed by atoms with Crippen LogP contribution in [0.1, 0.15) is 44.1 Å². The van der Waals surface area contributed by atoms with Gasteiger partial charge in [-0.05, 0) is 37.3 Å². The van der Waals surface area contributed by atoms with Crippen LogP contribution in [0.5, 0.6) is 0 Å². The summed E-state index contributed by atoms with van der Waals surface area (Å²) in [6.07, 6.45) is 7.43. The van der Waals surface area contributed by atoms with Crippen LogP contribution in [0.25, 0.3) is 0 Å². The molecule has 3 nitrogen and oxygen atoms in total. The molecule has 1 fully saturated rings. The summed E-state index contributed by atoms with van der Waals surface area (Å²) < 4.78 is 27.0. The summed E-state index contributed by atoms with van der Waals surface area (Å²) in [6.45, 7) is 2.38.